The van der Waals surface area contributed by atoms with Crippen molar-refractivity contribution in [2.75, 3.05) is 13.2 Å². The van der Waals surface area contributed by atoms with E-state index in [0.29, 0.717) is 30.3 Å². The molecule has 168 valence electrons. The summed E-state index contributed by atoms with van der Waals surface area (Å²) in [7, 11) is 0. The first-order valence-electron chi connectivity index (χ1n) is 10.6. The van der Waals surface area contributed by atoms with Crippen LogP contribution >= 0.6 is 27.5 Å². The molecule has 31 heavy (non-hydrogen) atoms. The van der Waals surface area contributed by atoms with Gasteiger partial charge >= 0.3 is 0 Å². The first-order valence-corrected chi connectivity index (χ1v) is 11.7. The van der Waals surface area contributed by atoms with E-state index >= 15 is 0 Å². The molecular formula is C24H30BrClN2O3. The lowest BCUT2D eigenvalue weighted by Crippen LogP contribution is -2.50. The number of nitrogens with one attached hydrogen (secondary N) is 1. The largest absolute Gasteiger partial charge is 0.484 e. The number of benzene rings is 2. The van der Waals surface area contributed by atoms with Gasteiger partial charge in [-0.25, -0.2) is 0 Å². The summed E-state index contributed by atoms with van der Waals surface area (Å²) in [6, 6.07) is 12.3. The van der Waals surface area contributed by atoms with Gasteiger partial charge in [-0.3, -0.25) is 9.59 Å². The normalized spacial score (nSPS) is 11.6. The number of hydrogen-bond acceptors (Lipinski definition) is 3. The number of aryl methyl sites for hydroxylation is 1. The van der Waals surface area contributed by atoms with Gasteiger partial charge in [0.05, 0.1) is 0 Å². The Morgan fingerprint density at radius 2 is 1.87 bits per heavy atom. The number of nitrogens with zero attached hydrogens (tertiary/aromatic N) is 1. The van der Waals surface area contributed by atoms with E-state index in [0.717, 1.165) is 28.4 Å². The summed E-state index contributed by atoms with van der Waals surface area (Å²) >= 11 is 9.46. The van der Waals surface area contributed by atoms with Crippen molar-refractivity contribution < 1.29 is 14.3 Å². The van der Waals surface area contributed by atoms with Gasteiger partial charge in [0.15, 0.2) is 6.61 Å². The molecule has 0 aliphatic carbocycles. The minimum Gasteiger partial charge on any atom is -0.484 e. The fraction of sp³-hybridized carbons (Fsp3) is 0.417. The Labute approximate surface area is 198 Å². The minimum absolute atomic E-state index is 0.141. The molecule has 0 unspecified atom stereocenters. The Bertz CT molecular complexity index is 874. The van der Waals surface area contributed by atoms with Gasteiger partial charge < -0.3 is 15.0 Å². The van der Waals surface area contributed by atoms with Crippen LogP contribution in [0.3, 0.4) is 0 Å². The first kappa shape index (κ1) is 25.2. The lowest BCUT2D eigenvalue weighted by atomic mass is 10.1. The number of carbonyl (C=O) groups excluding carboxylic acids is 2. The number of amides is 2. The van der Waals surface area contributed by atoms with Crippen LogP contribution in [0.25, 0.3) is 0 Å². The third-order valence-electron chi connectivity index (χ3n) is 4.97. The zero-order valence-corrected chi connectivity index (χ0v) is 20.6. The van der Waals surface area contributed by atoms with Crippen molar-refractivity contribution in [2.45, 2.75) is 52.6 Å². The highest BCUT2D eigenvalue weighted by atomic mass is 79.9. The summed E-state index contributed by atoms with van der Waals surface area (Å²) in [5.41, 5.74) is 1.92. The van der Waals surface area contributed by atoms with Gasteiger partial charge in [0.25, 0.3) is 5.91 Å². The monoisotopic (exact) mass is 508 g/mol. The molecule has 0 spiro atoms. The van der Waals surface area contributed by atoms with Crippen LogP contribution in [0.1, 0.15) is 44.2 Å². The second-order valence-electron chi connectivity index (χ2n) is 7.42. The molecule has 1 N–H and O–H groups in total. The molecule has 0 aliphatic heterocycles. The van der Waals surface area contributed by atoms with Gasteiger partial charge in [0.1, 0.15) is 11.8 Å². The number of hydrogen-bond donors (Lipinski definition) is 1. The maximum atomic E-state index is 13.2. The van der Waals surface area contributed by atoms with Crippen LogP contribution in [0.5, 0.6) is 5.75 Å². The number of ether oxygens (including phenoxy) is 1. The fourth-order valence-electron chi connectivity index (χ4n) is 3.15. The molecule has 0 aromatic heterocycles. The maximum Gasteiger partial charge on any atom is 0.261 e. The van der Waals surface area contributed by atoms with E-state index in [1.54, 1.807) is 17.0 Å². The summed E-state index contributed by atoms with van der Waals surface area (Å²) in [5, 5.41) is 3.58. The van der Waals surface area contributed by atoms with Crippen molar-refractivity contribution in [1.82, 2.24) is 10.2 Å². The van der Waals surface area contributed by atoms with Crippen LogP contribution in [0.4, 0.5) is 0 Å². The summed E-state index contributed by atoms with van der Waals surface area (Å²) in [5.74, 6) is 0.228. The van der Waals surface area contributed by atoms with E-state index in [1.807, 2.05) is 44.2 Å². The summed E-state index contributed by atoms with van der Waals surface area (Å²) in [6.45, 7) is 6.70. The lowest BCUT2D eigenvalue weighted by Gasteiger charge is -2.30. The highest BCUT2D eigenvalue weighted by Crippen LogP contribution is 2.22. The predicted octanol–water partition coefficient (Wildman–Crippen LogP) is 5.51. The minimum atomic E-state index is -0.574. The molecule has 0 saturated carbocycles. The smallest absolute Gasteiger partial charge is 0.261 e. The van der Waals surface area contributed by atoms with E-state index < -0.39 is 6.04 Å². The Kier molecular flexibility index (Phi) is 10.3. The molecule has 0 fully saturated rings. The van der Waals surface area contributed by atoms with E-state index in [4.69, 9.17) is 16.3 Å². The van der Waals surface area contributed by atoms with Crippen LogP contribution in [-0.4, -0.2) is 35.9 Å². The molecule has 2 amide bonds. The van der Waals surface area contributed by atoms with Gasteiger partial charge in [0.2, 0.25) is 5.91 Å². The number of halogens is 2. The van der Waals surface area contributed by atoms with E-state index in [-0.39, 0.29) is 18.4 Å². The molecule has 1 atom stereocenters. The molecule has 2 aromatic carbocycles. The van der Waals surface area contributed by atoms with Crippen molar-refractivity contribution in [2.24, 2.45) is 0 Å². The second kappa shape index (κ2) is 12.7. The molecular weight excluding hydrogens is 480 g/mol. The zero-order valence-electron chi connectivity index (χ0n) is 18.3. The average molecular weight is 510 g/mol. The lowest BCUT2D eigenvalue weighted by molar-refractivity contribution is -0.143. The molecule has 0 heterocycles. The number of unbranched alkanes of at least 4 members (excludes halogenated alkanes) is 1. The van der Waals surface area contributed by atoms with Crippen molar-refractivity contribution in [3.05, 3.63) is 63.1 Å². The number of carbonyl (C=O) groups is 2. The van der Waals surface area contributed by atoms with Crippen LogP contribution in [-0.2, 0) is 16.1 Å². The van der Waals surface area contributed by atoms with Crippen LogP contribution in [0, 0.1) is 6.92 Å². The maximum absolute atomic E-state index is 13.2. The highest BCUT2D eigenvalue weighted by Gasteiger charge is 2.28. The third kappa shape index (κ3) is 7.86. The topological polar surface area (TPSA) is 58.6 Å². The summed E-state index contributed by atoms with van der Waals surface area (Å²) in [4.78, 5) is 27.6. The van der Waals surface area contributed by atoms with Crippen LogP contribution in [0.15, 0.2) is 46.9 Å². The summed E-state index contributed by atoms with van der Waals surface area (Å²) in [6.07, 6.45) is 2.40. The first-order chi connectivity index (χ1) is 14.8. The molecule has 0 radical (unpaired) electrons. The van der Waals surface area contributed by atoms with Gasteiger partial charge in [-0.15, -0.1) is 0 Å². The SMILES string of the molecule is CCCCNC(=O)[C@H](CC)N(Cc1ccc(Cl)cc1)C(=O)COc1ccc(Br)c(C)c1. The van der Waals surface area contributed by atoms with Crippen molar-refractivity contribution in [3.8, 4) is 5.75 Å². The van der Waals surface area contributed by atoms with Crippen molar-refractivity contribution in [3.63, 3.8) is 0 Å². The quantitative estimate of drug-likeness (QED) is 0.406. The van der Waals surface area contributed by atoms with Crippen LogP contribution in [0.2, 0.25) is 5.02 Å². The third-order valence-corrected chi connectivity index (χ3v) is 6.12. The Hall–Kier alpha value is -2.05. The Morgan fingerprint density at radius 1 is 1.16 bits per heavy atom. The van der Waals surface area contributed by atoms with Gasteiger partial charge in [-0.05, 0) is 61.2 Å². The average Bonchev–Trinajstić information content (AvgIpc) is 2.75. The molecule has 5 nitrogen and oxygen atoms in total. The molecule has 0 saturated heterocycles. The zero-order chi connectivity index (χ0) is 22.8. The predicted molar refractivity (Wildman–Crippen MR) is 128 cm³/mol. The van der Waals surface area contributed by atoms with Crippen molar-refractivity contribution in [1.29, 1.82) is 0 Å². The van der Waals surface area contributed by atoms with Crippen molar-refractivity contribution >= 4 is 39.3 Å². The van der Waals surface area contributed by atoms with E-state index in [1.165, 1.54) is 0 Å². The van der Waals surface area contributed by atoms with E-state index in [9.17, 15) is 9.59 Å². The molecule has 0 aliphatic rings. The molecule has 7 heteroatoms. The highest BCUT2D eigenvalue weighted by molar-refractivity contribution is 9.10. The number of rotatable bonds is 11. The summed E-state index contributed by atoms with van der Waals surface area (Å²) < 4.78 is 6.73. The van der Waals surface area contributed by atoms with Gasteiger partial charge in [-0.1, -0.05) is 59.9 Å². The molecule has 2 rings (SSSR count). The standard InChI is InChI=1S/C24H30BrClN2O3/c1-4-6-13-27-24(30)22(5-2)28(15-18-7-9-19(26)10-8-18)23(29)16-31-20-11-12-21(25)17(3)14-20/h7-12,14,22H,4-6,13,15-16H2,1-3H3,(H,27,30)/t22-/m0/s1. The fourth-order valence-corrected chi connectivity index (χ4v) is 3.52. The Morgan fingerprint density at radius 3 is 2.48 bits per heavy atom. The van der Waals surface area contributed by atoms with Gasteiger partial charge in [-0.2, -0.15) is 0 Å². The van der Waals surface area contributed by atoms with Gasteiger partial charge in [0, 0.05) is 22.6 Å². The molecule has 0 bridgehead atoms. The van der Waals surface area contributed by atoms with Crippen LogP contribution < -0.4 is 10.1 Å². The second-order valence-corrected chi connectivity index (χ2v) is 8.71. The molecule has 2 aromatic rings. The van der Waals surface area contributed by atoms with E-state index in [2.05, 4.69) is 28.2 Å². The Balaban J connectivity index is 2.17.